The molecule has 7 heteroatoms. The number of rotatable bonds is 6. The van der Waals surface area contributed by atoms with Gasteiger partial charge in [0.2, 0.25) is 11.8 Å². The van der Waals surface area contributed by atoms with E-state index >= 15 is 0 Å². The summed E-state index contributed by atoms with van der Waals surface area (Å²) in [6.45, 7) is 4.51. The monoisotopic (exact) mass is 486 g/mol. The van der Waals surface area contributed by atoms with Crippen LogP contribution in [0.2, 0.25) is 0 Å². The number of carbonyl (C=O) groups excluding carboxylic acids is 1. The van der Waals surface area contributed by atoms with Crippen LogP contribution in [0.25, 0.3) is 22.6 Å². The van der Waals surface area contributed by atoms with Gasteiger partial charge in [-0.3, -0.25) is 9.69 Å². The van der Waals surface area contributed by atoms with Crippen molar-refractivity contribution in [3.05, 3.63) is 48.0 Å². The number of nitrogens with one attached hydrogen (secondary N) is 1. The van der Waals surface area contributed by atoms with E-state index in [1.54, 1.807) is 0 Å². The van der Waals surface area contributed by atoms with Crippen molar-refractivity contribution in [3.8, 4) is 17.2 Å². The van der Waals surface area contributed by atoms with Crippen LogP contribution >= 0.6 is 0 Å². The number of ether oxygens (including phenoxy) is 1. The molecule has 6 rings (SSSR count). The third-order valence-corrected chi connectivity index (χ3v) is 7.96. The summed E-state index contributed by atoms with van der Waals surface area (Å²) in [4.78, 5) is 19.1. The molecule has 7 nitrogen and oxygen atoms in total. The summed E-state index contributed by atoms with van der Waals surface area (Å²) in [5, 5.41) is 4.33. The highest BCUT2D eigenvalue weighted by Crippen LogP contribution is 2.32. The second-order valence-corrected chi connectivity index (χ2v) is 10.3. The minimum atomic E-state index is -0.0315. The van der Waals surface area contributed by atoms with Crippen LogP contribution in [0.3, 0.4) is 0 Å². The van der Waals surface area contributed by atoms with Gasteiger partial charge >= 0.3 is 0 Å². The zero-order chi connectivity index (χ0) is 24.5. The van der Waals surface area contributed by atoms with Gasteiger partial charge in [-0.2, -0.15) is 5.10 Å². The van der Waals surface area contributed by atoms with E-state index in [0.29, 0.717) is 23.9 Å². The number of carbonyl (C=O) groups is 1. The third-order valence-electron chi connectivity index (χ3n) is 7.96. The molecule has 1 aromatic heterocycles. The molecule has 3 heterocycles. The first-order valence-corrected chi connectivity index (χ1v) is 13.5. The second-order valence-electron chi connectivity index (χ2n) is 10.3. The molecule has 1 aliphatic carbocycles. The van der Waals surface area contributed by atoms with Gasteiger partial charge in [0.15, 0.2) is 5.58 Å². The maximum atomic E-state index is 11.7. The highest BCUT2D eigenvalue weighted by Gasteiger charge is 2.34. The highest BCUT2D eigenvalue weighted by molar-refractivity contribution is 6.07. The Morgan fingerprint density at radius 1 is 1.03 bits per heavy atom. The van der Waals surface area contributed by atoms with Crippen molar-refractivity contribution in [1.82, 2.24) is 15.3 Å². The maximum absolute atomic E-state index is 11.7. The van der Waals surface area contributed by atoms with Crippen LogP contribution in [0.5, 0.6) is 5.75 Å². The van der Waals surface area contributed by atoms with Crippen LogP contribution in [-0.4, -0.2) is 46.7 Å². The summed E-state index contributed by atoms with van der Waals surface area (Å²) >= 11 is 0. The van der Waals surface area contributed by atoms with Crippen LogP contribution < -0.4 is 10.2 Å². The van der Waals surface area contributed by atoms with Gasteiger partial charge in [-0.25, -0.2) is 10.4 Å². The quantitative estimate of drug-likeness (QED) is 0.495. The van der Waals surface area contributed by atoms with Gasteiger partial charge in [-0.05, 0) is 88.0 Å². The van der Waals surface area contributed by atoms with E-state index in [1.807, 2.05) is 42.5 Å². The number of nitrogens with zero attached hydrogens (tertiary/aromatic N) is 3. The molecule has 0 radical (unpaired) electrons. The molecule has 3 aromatic rings. The zero-order valence-corrected chi connectivity index (χ0v) is 20.9. The molecule has 1 N–H and O–H groups in total. The van der Waals surface area contributed by atoms with Crippen molar-refractivity contribution >= 4 is 22.7 Å². The molecular weight excluding hydrogens is 452 g/mol. The smallest absolute Gasteiger partial charge is 0.240 e. The summed E-state index contributed by atoms with van der Waals surface area (Å²) in [5.74, 6) is 1.58. The van der Waals surface area contributed by atoms with E-state index in [4.69, 9.17) is 14.1 Å². The van der Waals surface area contributed by atoms with Crippen molar-refractivity contribution in [2.75, 3.05) is 13.1 Å². The summed E-state index contributed by atoms with van der Waals surface area (Å²) in [6, 6.07) is 14.6. The van der Waals surface area contributed by atoms with Crippen LogP contribution in [0, 0.1) is 5.92 Å². The number of likely N-dealkylation sites (tertiary alicyclic amines) is 1. The van der Waals surface area contributed by atoms with Crippen molar-refractivity contribution in [3.63, 3.8) is 0 Å². The Kier molecular flexibility index (Phi) is 6.48. The Bertz CT molecular complexity index is 1260. The van der Waals surface area contributed by atoms with Crippen molar-refractivity contribution in [2.45, 2.75) is 70.4 Å². The van der Waals surface area contributed by atoms with Gasteiger partial charge in [0.25, 0.3) is 0 Å². The Balaban J connectivity index is 1.18. The van der Waals surface area contributed by atoms with Crippen molar-refractivity contribution in [1.29, 1.82) is 0 Å². The lowest BCUT2D eigenvalue weighted by Gasteiger charge is -2.35. The van der Waals surface area contributed by atoms with Crippen LogP contribution in [0.4, 0.5) is 0 Å². The zero-order valence-electron chi connectivity index (χ0n) is 20.9. The standard InChI is InChI=1S/C29H34N4O3/c1-2-19-18-27(34)31-32-28(19)21-11-14-23-26(17-21)36-29(30-23)20-9-12-22(13-10-20)35-25-8-6-7-24(25)33-15-4-3-5-16-33/h9-14,17,19,24-25H,2-8,15-16,18H2,1H3,(H,31,34). The van der Waals surface area contributed by atoms with E-state index in [-0.39, 0.29) is 17.9 Å². The van der Waals surface area contributed by atoms with Gasteiger partial charge in [0.1, 0.15) is 17.4 Å². The lowest BCUT2D eigenvalue weighted by Crippen LogP contribution is -2.45. The number of hydrogen-bond donors (Lipinski definition) is 1. The van der Waals surface area contributed by atoms with Gasteiger partial charge < -0.3 is 9.15 Å². The molecule has 188 valence electrons. The largest absolute Gasteiger partial charge is 0.489 e. The summed E-state index contributed by atoms with van der Waals surface area (Å²) in [6.07, 6.45) is 9.20. The Hall–Kier alpha value is -3.19. The molecule has 36 heavy (non-hydrogen) atoms. The maximum Gasteiger partial charge on any atom is 0.240 e. The van der Waals surface area contributed by atoms with E-state index in [1.165, 1.54) is 45.2 Å². The SMILES string of the molecule is CCC1CC(=O)NN=C1c1ccc2nc(-c3ccc(OC4CCCC4N4CCCCC4)cc3)oc2c1. The Labute approximate surface area is 211 Å². The molecule has 3 atom stereocenters. The number of benzene rings is 2. The van der Waals surface area contributed by atoms with Crippen molar-refractivity contribution < 1.29 is 13.9 Å². The molecule has 3 unspecified atom stereocenters. The molecule has 2 aromatic carbocycles. The average Bonchev–Trinajstić information content (AvgIpc) is 3.56. The number of hydrogen-bond acceptors (Lipinski definition) is 6. The molecule has 0 spiro atoms. The number of fused-ring (bicyclic) bond motifs is 1. The molecule has 1 amide bonds. The predicted octanol–water partition coefficient (Wildman–Crippen LogP) is 5.53. The van der Waals surface area contributed by atoms with E-state index in [2.05, 4.69) is 22.4 Å². The van der Waals surface area contributed by atoms with E-state index in [9.17, 15) is 4.79 Å². The molecule has 2 aliphatic heterocycles. The minimum Gasteiger partial charge on any atom is -0.489 e. The first-order valence-electron chi connectivity index (χ1n) is 13.5. The minimum absolute atomic E-state index is 0.0315. The van der Waals surface area contributed by atoms with Crippen molar-refractivity contribution in [2.24, 2.45) is 11.0 Å². The fraction of sp³-hybridized carbons (Fsp3) is 0.483. The third kappa shape index (κ3) is 4.64. The van der Waals surface area contributed by atoms with Gasteiger partial charge in [-0.1, -0.05) is 19.4 Å². The average molecular weight is 487 g/mol. The van der Waals surface area contributed by atoms with E-state index < -0.39 is 0 Å². The normalized spacial score (nSPS) is 25.1. The first-order chi connectivity index (χ1) is 17.7. The van der Waals surface area contributed by atoms with Crippen LogP contribution in [0.1, 0.15) is 63.9 Å². The molecule has 2 fully saturated rings. The number of oxazole rings is 1. The fourth-order valence-corrected chi connectivity index (χ4v) is 5.99. The molecule has 0 bridgehead atoms. The Morgan fingerprint density at radius 2 is 1.83 bits per heavy atom. The summed E-state index contributed by atoms with van der Waals surface area (Å²) in [7, 11) is 0. The first kappa shape index (κ1) is 23.2. The van der Waals surface area contributed by atoms with Gasteiger partial charge in [0, 0.05) is 29.5 Å². The fourth-order valence-electron chi connectivity index (χ4n) is 5.99. The highest BCUT2D eigenvalue weighted by atomic mass is 16.5. The topological polar surface area (TPSA) is 80.0 Å². The van der Waals surface area contributed by atoms with E-state index in [0.717, 1.165) is 40.9 Å². The molecule has 1 saturated heterocycles. The number of hydrazone groups is 1. The van der Waals surface area contributed by atoms with Gasteiger partial charge in [-0.15, -0.1) is 0 Å². The molecule has 1 saturated carbocycles. The Morgan fingerprint density at radius 3 is 2.64 bits per heavy atom. The second kappa shape index (κ2) is 10.1. The summed E-state index contributed by atoms with van der Waals surface area (Å²) < 4.78 is 12.6. The number of piperidine rings is 1. The van der Waals surface area contributed by atoms with Crippen LogP contribution in [-0.2, 0) is 4.79 Å². The number of aromatic nitrogens is 1. The predicted molar refractivity (Wildman–Crippen MR) is 140 cm³/mol. The molecular formula is C29H34N4O3. The van der Waals surface area contributed by atoms with Gasteiger partial charge in [0.05, 0.1) is 5.71 Å². The number of amides is 1. The van der Waals surface area contributed by atoms with Crippen LogP contribution in [0.15, 0.2) is 52.0 Å². The summed E-state index contributed by atoms with van der Waals surface area (Å²) in [5.41, 5.74) is 6.91. The molecule has 3 aliphatic rings. The lowest BCUT2D eigenvalue weighted by molar-refractivity contribution is -0.122. The lowest BCUT2D eigenvalue weighted by atomic mass is 9.90.